The molecule has 7 aromatic carbocycles. The van der Waals surface area contributed by atoms with Crippen LogP contribution in [0.25, 0.3) is 11.1 Å². The second kappa shape index (κ2) is 41.9. The molecule has 25 N–H and O–H groups in total. The number of nitrogens with one attached hydrogen (secondary N) is 8. The number of carbonyl (C=O) groups is 9. The van der Waals surface area contributed by atoms with Gasteiger partial charge < -0.3 is 172 Å². The topological polar surface area (TPSA) is 672 Å². The summed E-state index contributed by atoms with van der Waals surface area (Å²) in [6.07, 6.45) is -24.0. The van der Waals surface area contributed by atoms with Crippen molar-refractivity contribution in [1.29, 1.82) is 0 Å². The summed E-state index contributed by atoms with van der Waals surface area (Å²) < 4.78 is 63.0. The Hall–Kier alpha value is -12.4. The molecule has 8 amide bonds. The summed E-state index contributed by atoms with van der Waals surface area (Å²) in [7, 11) is 0.845. The molecule has 0 aromatic heterocycles. The molecule has 722 valence electrons. The van der Waals surface area contributed by atoms with Gasteiger partial charge in [0.1, 0.15) is 162 Å². The van der Waals surface area contributed by atoms with E-state index in [-0.39, 0.29) is 40.8 Å². The third-order valence-electron chi connectivity index (χ3n) is 23.9. The zero-order valence-electron chi connectivity index (χ0n) is 72.1. The Morgan fingerprint density at radius 2 is 1.01 bits per heavy atom. The summed E-state index contributed by atoms with van der Waals surface area (Å²) in [4.78, 5) is 140. The zero-order valence-corrected chi connectivity index (χ0v) is 73.6. The lowest BCUT2D eigenvalue weighted by atomic mass is 9.89. The molecule has 135 heavy (non-hydrogen) atoms. The smallest absolute Gasteiger partial charge is 0.333 e. The SMILES string of the molecule is CCCCC/C=C/CCC(=O)NC1C(Oc2c3cc4cc2Oc2ccc(cc2Cl)C(OC2OC(CO)C(O)C(O)C2NC(C)=O)C2NC(=O)C(NC(=O)C4NC(=O)C4NC(=O)C(NC(=O)C(N)c5ccc(O)c(c5)Oc5cc4cc(O)c5C)C(O)c4ccc(c(Cl)c4)O3)c3ccc(O)c(c3)-c3c(OC4OC(CO)C(O)C(O)C4O)cc(O)cc3C(C(=O)OC)NC2=O)OC(CO)C(O)C1O. The van der Waals surface area contributed by atoms with Crippen molar-refractivity contribution in [3.05, 3.63) is 176 Å². The molecule has 0 saturated carbocycles. The van der Waals surface area contributed by atoms with Crippen molar-refractivity contribution >= 4 is 76.4 Å². The standard InChI is InChI=1S/C90H99Cl2N9O34/c1-5-6-7-8-9-10-11-12-60(110)95-69-76(116)73(113)58(32-103)132-89(69)135-80-55-27-41-28-56(80)128-51-20-16-39(23-46(51)92)79(134-88-68(94-35(3)105)75(115)72(112)57(31-102)131-88)70-86(124)99-66(87(125)126-4)44-29-42(106)30-54(130-90-78(118)77(117)74(114)59(33-104)133-90)61(44)43-21-37(14-17-47(43)107)63(82(120)101-70)96-84(122)65(41)97-83(121)64-40-24-49(109)34(2)52(26-40)129-53-25-36(13-18-48(53)108)62(93)81(119)100-67(85(123)98-64)71(111)38-15-19-50(127-55)45(91)22-38/h9-10,13-30,57-59,62-79,88-90,102-104,106-109,111-118H,5-8,11-12,31-33,93H2,1-4H3,(H,94,105)(H,95,110)(H,96,122)(H,97,121)(H,98,123)(H,99,124)(H,100,119)(H,101,120)/b10-9+. The number of rotatable bonds is 19. The highest BCUT2D eigenvalue weighted by atomic mass is 35.5. The minimum atomic E-state index is -2.57. The number of aromatic hydroxyl groups is 4. The van der Waals surface area contributed by atoms with Crippen LogP contribution in [0.3, 0.4) is 0 Å². The van der Waals surface area contributed by atoms with Gasteiger partial charge in [0.15, 0.2) is 35.3 Å². The number of aliphatic hydroxyl groups excluding tert-OH is 11. The molecule has 24 atom stereocenters. The van der Waals surface area contributed by atoms with Crippen LogP contribution in [-0.4, -0.2) is 261 Å². The molecule has 9 aliphatic heterocycles. The van der Waals surface area contributed by atoms with Gasteiger partial charge in [-0.05, 0) is 138 Å². The number of carbonyl (C=O) groups excluding carboxylic acids is 9. The zero-order chi connectivity index (χ0) is 97.1. The van der Waals surface area contributed by atoms with Crippen molar-refractivity contribution in [2.45, 2.75) is 206 Å². The first-order chi connectivity index (χ1) is 64.4. The van der Waals surface area contributed by atoms with Gasteiger partial charge in [-0.15, -0.1) is 0 Å². The number of esters is 1. The highest BCUT2D eigenvalue weighted by Gasteiger charge is 2.53. The van der Waals surface area contributed by atoms with Gasteiger partial charge in [0, 0.05) is 41.7 Å². The Morgan fingerprint density at radius 1 is 0.489 bits per heavy atom. The third-order valence-corrected chi connectivity index (χ3v) is 24.5. The number of nitrogens with two attached hydrogens (primary N) is 1. The number of benzene rings is 7. The normalized spacial score (nSPS) is 29.1. The molecule has 43 nitrogen and oxygen atoms in total. The highest BCUT2D eigenvalue weighted by molar-refractivity contribution is 6.32. The number of unbranched alkanes of at least 4 members (excludes halogenated alkanes) is 3. The second-order valence-electron chi connectivity index (χ2n) is 33.0. The largest absolute Gasteiger partial charge is 0.508 e. The predicted octanol–water partition coefficient (Wildman–Crippen LogP) is 0.827. The van der Waals surface area contributed by atoms with Crippen LogP contribution in [0.15, 0.2) is 121 Å². The summed E-state index contributed by atoms with van der Waals surface area (Å²) >= 11 is 14.7. The van der Waals surface area contributed by atoms with Gasteiger partial charge in [-0.25, -0.2) is 4.79 Å². The van der Waals surface area contributed by atoms with Gasteiger partial charge in [0.05, 0.1) is 37.0 Å². The van der Waals surface area contributed by atoms with Crippen molar-refractivity contribution in [2.24, 2.45) is 5.73 Å². The number of methoxy groups -OCH3 is 1. The minimum Gasteiger partial charge on any atom is -0.508 e. The molecule has 16 rings (SSSR count). The molecule has 9 heterocycles. The molecule has 0 aliphatic carbocycles. The number of allylic oxidation sites excluding steroid dienone is 2. The monoisotopic (exact) mass is 1920 g/mol. The quantitative estimate of drug-likeness (QED) is 0.0303. The summed E-state index contributed by atoms with van der Waals surface area (Å²) in [5, 5.41) is 192. The first-order valence-electron chi connectivity index (χ1n) is 42.7. The van der Waals surface area contributed by atoms with Gasteiger partial charge in [0.25, 0.3) is 0 Å². The molecule has 3 fully saturated rings. The maximum Gasteiger partial charge on any atom is 0.333 e. The van der Waals surface area contributed by atoms with E-state index in [9.17, 15) is 95.8 Å². The Morgan fingerprint density at radius 3 is 1.63 bits per heavy atom. The van der Waals surface area contributed by atoms with E-state index in [1.54, 1.807) is 6.08 Å². The molecule has 7 aromatic rings. The van der Waals surface area contributed by atoms with Crippen molar-refractivity contribution in [3.8, 4) is 80.1 Å². The van der Waals surface area contributed by atoms with Gasteiger partial charge in [-0.1, -0.05) is 79.4 Å². The summed E-state index contributed by atoms with van der Waals surface area (Å²) in [5.41, 5.74) is 2.34. The number of halogens is 2. The predicted molar refractivity (Wildman–Crippen MR) is 463 cm³/mol. The van der Waals surface area contributed by atoms with E-state index in [0.717, 1.165) is 136 Å². The number of phenolic OH excluding ortho intramolecular Hbond substituents is 4. The van der Waals surface area contributed by atoms with Crippen molar-refractivity contribution in [3.63, 3.8) is 0 Å². The van der Waals surface area contributed by atoms with Crippen LogP contribution in [0, 0.1) is 6.92 Å². The highest BCUT2D eigenvalue weighted by Crippen LogP contribution is 2.52. The van der Waals surface area contributed by atoms with E-state index in [2.05, 4.69) is 42.5 Å². The molecular weight excluding hydrogens is 1820 g/mol. The summed E-state index contributed by atoms with van der Waals surface area (Å²) in [5.74, 6) is -19.7. The molecule has 3 saturated heterocycles. The van der Waals surface area contributed by atoms with Crippen LogP contribution in [0.5, 0.6) is 69.0 Å². The molecule has 24 unspecified atom stereocenters. The molecule has 45 heteroatoms. The number of amides is 8. The summed E-state index contributed by atoms with van der Waals surface area (Å²) in [6, 6.07) is -1.55. The third kappa shape index (κ3) is 20.9. The molecule has 9 aliphatic rings. The van der Waals surface area contributed by atoms with Crippen molar-refractivity contribution in [1.82, 2.24) is 42.5 Å². The Balaban J connectivity index is 1.05. The van der Waals surface area contributed by atoms with Crippen LogP contribution in [0.4, 0.5) is 0 Å². The van der Waals surface area contributed by atoms with Crippen LogP contribution in [0.2, 0.25) is 10.0 Å². The lowest BCUT2D eigenvalue weighted by Gasteiger charge is -2.44. The van der Waals surface area contributed by atoms with Crippen LogP contribution in [-0.2, 0) is 66.8 Å². The van der Waals surface area contributed by atoms with Crippen molar-refractivity contribution < 1.29 is 167 Å². The van der Waals surface area contributed by atoms with Gasteiger partial charge >= 0.3 is 5.97 Å². The number of hydrogen-bond donors (Lipinski definition) is 24. The minimum absolute atomic E-state index is 0.0517. The van der Waals surface area contributed by atoms with Crippen LogP contribution < -0.4 is 72.0 Å². The Kier molecular flexibility index (Phi) is 30.6. The molecule has 0 spiro atoms. The first-order valence-corrected chi connectivity index (χ1v) is 43.4. The maximum absolute atomic E-state index is 17.1. The van der Waals surface area contributed by atoms with E-state index >= 15 is 24.0 Å². The fraction of sp³-hybridized carbons (Fsp3) is 0.411. The van der Waals surface area contributed by atoms with Crippen LogP contribution >= 0.6 is 23.2 Å². The number of ether oxygens (including phenoxy) is 10. The summed E-state index contributed by atoms with van der Waals surface area (Å²) in [6.45, 7) is 1.19. The Labute approximate surface area is 776 Å². The average Bonchev–Trinajstić information content (AvgIpc) is 0.757. The maximum atomic E-state index is 17.1. The van der Waals surface area contributed by atoms with Gasteiger partial charge in [-0.3, -0.25) is 38.4 Å². The fourth-order valence-corrected chi connectivity index (χ4v) is 17.0. The van der Waals surface area contributed by atoms with Gasteiger partial charge in [0.2, 0.25) is 65.6 Å². The fourth-order valence-electron chi connectivity index (χ4n) is 16.5. The number of phenols is 4. The first kappa shape index (κ1) is 98.6. The number of fused-ring (bicyclic) bond motifs is 14. The van der Waals surface area contributed by atoms with E-state index in [0.29, 0.717) is 6.42 Å². The molecule has 17 bridgehead atoms. The number of hydrogen-bond acceptors (Lipinski definition) is 35. The van der Waals surface area contributed by atoms with Gasteiger partial charge in [-0.2, -0.15) is 0 Å². The van der Waals surface area contributed by atoms with E-state index in [4.69, 9.17) is 76.3 Å². The van der Waals surface area contributed by atoms with Crippen LogP contribution in [0.1, 0.15) is 139 Å². The van der Waals surface area contributed by atoms with E-state index in [1.165, 1.54) is 13.0 Å². The lowest BCUT2D eigenvalue weighted by molar-refractivity contribution is -0.284. The van der Waals surface area contributed by atoms with Crippen molar-refractivity contribution in [2.75, 3.05) is 26.9 Å². The lowest BCUT2D eigenvalue weighted by Crippen LogP contribution is -2.65. The Bertz CT molecular complexity index is 5720. The average molecular weight is 1920 g/mol. The molecule has 0 radical (unpaired) electrons. The molecular formula is C90H99Cl2N9O34. The second-order valence-corrected chi connectivity index (χ2v) is 33.8. The van der Waals surface area contributed by atoms with E-state index in [1.807, 2.05) is 13.0 Å². The number of aliphatic hydroxyl groups is 11. The van der Waals surface area contributed by atoms with E-state index < -0.39 is 326 Å².